The number of aromatic nitrogens is 1. The third kappa shape index (κ3) is 4.54. The molecule has 4 rings (SSSR count). The molecule has 2 heterocycles. The molecule has 2 aromatic rings. The van der Waals surface area contributed by atoms with Crippen LogP contribution in [0.15, 0.2) is 36.4 Å². The molecule has 2 atom stereocenters. The fourth-order valence-corrected chi connectivity index (χ4v) is 6.61. The Bertz CT molecular complexity index is 1020. The summed E-state index contributed by atoms with van der Waals surface area (Å²) in [7, 11) is -2.97. The topological polar surface area (TPSA) is 59.4 Å². The van der Waals surface area contributed by atoms with Crippen LogP contribution in [0.4, 0.5) is 0 Å². The van der Waals surface area contributed by atoms with Crippen LogP contribution in [0, 0.1) is 19.8 Å². The van der Waals surface area contributed by atoms with E-state index in [-0.39, 0.29) is 23.3 Å². The second-order valence-electron chi connectivity index (χ2n) is 9.10. The van der Waals surface area contributed by atoms with Crippen molar-refractivity contribution in [2.75, 3.05) is 18.1 Å². The lowest BCUT2D eigenvalue weighted by atomic mass is 10.1. The number of Topliss-reactive ketones (excluding diaryl/α,β-unsaturated/α-hetero) is 1. The van der Waals surface area contributed by atoms with E-state index < -0.39 is 9.84 Å². The molecular formula is C24H32N2O3S. The molecule has 0 radical (unpaired) electrons. The van der Waals surface area contributed by atoms with Crippen LogP contribution < -0.4 is 0 Å². The normalized spacial score (nSPS) is 21.8. The van der Waals surface area contributed by atoms with Crippen LogP contribution in [-0.2, 0) is 16.4 Å². The largest absolute Gasteiger partial charge is 0.344 e. The Morgan fingerprint density at radius 2 is 1.87 bits per heavy atom. The predicted molar refractivity (Wildman–Crippen MR) is 120 cm³/mol. The maximum atomic E-state index is 13.3. The van der Waals surface area contributed by atoms with E-state index in [0.29, 0.717) is 24.9 Å². The van der Waals surface area contributed by atoms with Crippen molar-refractivity contribution >= 4 is 15.6 Å². The number of hydrogen-bond acceptors (Lipinski definition) is 4. The van der Waals surface area contributed by atoms with Gasteiger partial charge in [-0.3, -0.25) is 9.69 Å². The van der Waals surface area contributed by atoms with Gasteiger partial charge in [-0.05, 0) is 57.6 Å². The van der Waals surface area contributed by atoms with E-state index in [9.17, 15) is 13.2 Å². The smallest absolute Gasteiger partial charge is 0.178 e. The monoisotopic (exact) mass is 428 g/mol. The molecule has 1 saturated carbocycles. The Hall–Kier alpha value is -1.92. The standard InChI is InChI=1S/C24H32N2O3S/c1-17-13-23(19(3)26(17)22-11-12-30(28,29)16-22)24(27)15-25(18(2)21-9-10-21)14-20-7-5-4-6-8-20/h4-8,13,18,21-22H,9-12,14-16H2,1-3H3. The number of carbonyl (C=O) groups is 1. The van der Waals surface area contributed by atoms with Crippen molar-refractivity contribution in [3.8, 4) is 0 Å². The number of rotatable bonds is 8. The van der Waals surface area contributed by atoms with Crippen molar-refractivity contribution in [2.45, 2.75) is 58.7 Å². The summed E-state index contributed by atoms with van der Waals surface area (Å²) in [5.74, 6) is 1.22. The van der Waals surface area contributed by atoms with Gasteiger partial charge in [0.05, 0.1) is 18.1 Å². The molecule has 2 fully saturated rings. The van der Waals surface area contributed by atoms with Gasteiger partial charge in [-0.1, -0.05) is 30.3 Å². The quantitative estimate of drug-likeness (QED) is 0.598. The highest BCUT2D eigenvalue weighted by molar-refractivity contribution is 7.91. The Kier molecular flexibility index (Phi) is 5.90. The highest BCUT2D eigenvalue weighted by Gasteiger charge is 2.34. The minimum absolute atomic E-state index is 0.0534. The van der Waals surface area contributed by atoms with Crippen molar-refractivity contribution in [1.29, 1.82) is 0 Å². The molecule has 1 saturated heterocycles. The number of aryl methyl sites for hydroxylation is 1. The zero-order chi connectivity index (χ0) is 21.5. The summed E-state index contributed by atoms with van der Waals surface area (Å²) < 4.78 is 26.0. The molecule has 5 nitrogen and oxygen atoms in total. The van der Waals surface area contributed by atoms with Crippen LogP contribution in [0.1, 0.15) is 59.5 Å². The molecular weight excluding hydrogens is 396 g/mol. The zero-order valence-electron chi connectivity index (χ0n) is 18.2. The van der Waals surface area contributed by atoms with E-state index in [1.807, 2.05) is 38.1 Å². The first-order valence-corrected chi connectivity index (χ1v) is 12.8. The lowest BCUT2D eigenvalue weighted by Crippen LogP contribution is -2.38. The van der Waals surface area contributed by atoms with Gasteiger partial charge in [0.15, 0.2) is 15.6 Å². The Morgan fingerprint density at radius 3 is 2.47 bits per heavy atom. The lowest BCUT2D eigenvalue weighted by Gasteiger charge is -2.28. The molecule has 0 bridgehead atoms. The van der Waals surface area contributed by atoms with Gasteiger partial charge in [-0.25, -0.2) is 8.42 Å². The number of benzene rings is 1. The molecule has 1 aromatic carbocycles. The third-order valence-corrected chi connectivity index (χ3v) is 8.56. The molecule has 2 unspecified atom stereocenters. The molecule has 0 N–H and O–H groups in total. The maximum absolute atomic E-state index is 13.3. The van der Waals surface area contributed by atoms with Crippen LogP contribution in [0.2, 0.25) is 0 Å². The van der Waals surface area contributed by atoms with Crippen molar-refractivity contribution in [3.63, 3.8) is 0 Å². The van der Waals surface area contributed by atoms with Gasteiger partial charge in [0, 0.05) is 35.6 Å². The second kappa shape index (κ2) is 8.31. The van der Waals surface area contributed by atoms with E-state index >= 15 is 0 Å². The van der Waals surface area contributed by atoms with Crippen LogP contribution in [-0.4, -0.2) is 47.8 Å². The van der Waals surface area contributed by atoms with Gasteiger partial charge < -0.3 is 4.57 Å². The van der Waals surface area contributed by atoms with E-state index in [1.54, 1.807) is 0 Å². The molecule has 0 amide bonds. The Morgan fingerprint density at radius 1 is 1.17 bits per heavy atom. The van der Waals surface area contributed by atoms with Crippen LogP contribution in [0.3, 0.4) is 0 Å². The van der Waals surface area contributed by atoms with E-state index in [4.69, 9.17) is 0 Å². The van der Waals surface area contributed by atoms with Gasteiger partial charge in [0.1, 0.15) is 0 Å². The predicted octanol–water partition coefficient (Wildman–Crippen LogP) is 3.95. The summed E-state index contributed by atoms with van der Waals surface area (Å²) in [6.45, 7) is 7.32. The van der Waals surface area contributed by atoms with Gasteiger partial charge in [0.2, 0.25) is 0 Å². The van der Waals surface area contributed by atoms with Gasteiger partial charge in [0.25, 0.3) is 0 Å². The maximum Gasteiger partial charge on any atom is 0.178 e. The average Bonchev–Trinajstić information content (AvgIpc) is 3.43. The highest BCUT2D eigenvalue weighted by atomic mass is 32.2. The van der Waals surface area contributed by atoms with Crippen molar-refractivity contribution < 1.29 is 13.2 Å². The first-order valence-electron chi connectivity index (χ1n) is 10.9. The van der Waals surface area contributed by atoms with E-state index in [2.05, 4.69) is 28.5 Å². The number of nitrogens with zero attached hydrogens (tertiary/aromatic N) is 2. The molecule has 1 aliphatic carbocycles. The number of sulfone groups is 1. The molecule has 162 valence electrons. The Labute approximate surface area is 180 Å². The summed E-state index contributed by atoms with van der Waals surface area (Å²) in [6, 6.07) is 12.6. The zero-order valence-corrected chi connectivity index (χ0v) is 19.0. The van der Waals surface area contributed by atoms with E-state index in [0.717, 1.165) is 23.5 Å². The van der Waals surface area contributed by atoms with Crippen molar-refractivity contribution in [2.24, 2.45) is 5.92 Å². The van der Waals surface area contributed by atoms with Crippen LogP contribution in [0.25, 0.3) is 0 Å². The van der Waals surface area contributed by atoms with Gasteiger partial charge >= 0.3 is 0 Å². The first kappa shape index (κ1) is 21.3. The third-order valence-electron chi connectivity index (χ3n) is 6.81. The summed E-state index contributed by atoms with van der Waals surface area (Å²) in [4.78, 5) is 15.7. The second-order valence-corrected chi connectivity index (χ2v) is 11.3. The van der Waals surface area contributed by atoms with Crippen LogP contribution >= 0.6 is 0 Å². The number of hydrogen-bond donors (Lipinski definition) is 0. The van der Waals surface area contributed by atoms with Crippen molar-refractivity contribution in [1.82, 2.24) is 9.47 Å². The lowest BCUT2D eigenvalue weighted by molar-refractivity contribution is 0.0875. The van der Waals surface area contributed by atoms with Crippen LogP contribution in [0.5, 0.6) is 0 Å². The fraction of sp³-hybridized carbons (Fsp3) is 0.542. The molecule has 1 aromatic heterocycles. The number of ketones is 1. The first-order chi connectivity index (χ1) is 14.2. The van der Waals surface area contributed by atoms with Gasteiger partial charge in [-0.15, -0.1) is 0 Å². The Balaban J connectivity index is 1.54. The minimum atomic E-state index is -2.97. The average molecular weight is 429 g/mol. The van der Waals surface area contributed by atoms with E-state index in [1.165, 1.54) is 18.4 Å². The molecule has 0 spiro atoms. The SMILES string of the molecule is Cc1cc(C(=O)CN(Cc2ccccc2)C(C)C2CC2)c(C)n1C1CCS(=O)(=O)C1. The molecule has 30 heavy (non-hydrogen) atoms. The van der Waals surface area contributed by atoms with Gasteiger partial charge in [-0.2, -0.15) is 0 Å². The summed E-state index contributed by atoms with van der Waals surface area (Å²) >= 11 is 0. The molecule has 6 heteroatoms. The summed E-state index contributed by atoms with van der Waals surface area (Å²) in [5, 5.41) is 0. The molecule has 1 aliphatic heterocycles. The minimum Gasteiger partial charge on any atom is -0.344 e. The highest BCUT2D eigenvalue weighted by Crippen LogP contribution is 2.36. The molecule has 2 aliphatic rings. The number of carbonyl (C=O) groups excluding carboxylic acids is 1. The summed E-state index contributed by atoms with van der Waals surface area (Å²) in [5.41, 5.74) is 3.83. The summed E-state index contributed by atoms with van der Waals surface area (Å²) in [6.07, 6.45) is 3.11. The fourth-order valence-electron chi connectivity index (χ4n) is 4.91. The van der Waals surface area contributed by atoms with Crippen molar-refractivity contribution in [3.05, 3.63) is 58.9 Å².